The fraction of sp³-hybridized carbons (Fsp3) is 0.455. The third-order valence-corrected chi connectivity index (χ3v) is 3.06. The van der Waals surface area contributed by atoms with Crippen molar-refractivity contribution in [2.75, 3.05) is 0 Å². The lowest BCUT2D eigenvalue weighted by molar-refractivity contribution is 0.882. The first-order valence-electron chi connectivity index (χ1n) is 4.70. The number of alkyl halides is 1. The number of hydrogen-bond donors (Lipinski definition) is 0. The molecule has 1 aliphatic carbocycles. The van der Waals surface area contributed by atoms with E-state index < -0.39 is 0 Å². The summed E-state index contributed by atoms with van der Waals surface area (Å²) in [6.07, 6.45) is 2.22. The minimum absolute atomic E-state index is 0.248. The first-order valence-corrected chi connectivity index (χ1v) is 5.93. The van der Waals surface area contributed by atoms with E-state index in [1.54, 1.807) is 0 Å². The van der Waals surface area contributed by atoms with Gasteiger partial charge in [-0.25, -0.2) is 0 Å². The summed E-state index contributed by atoms with van der Waals surface area (Å²) in [6.45, 7) is 4.00. The highest BCUT2D eigenvalue weighted by Gasteiger charge is 2.19. The van der Waals surface area contributed by atoms with Crippen molar-refractivity contribution < 1.29 is 0 Å². The molecule has 2 rings (SSSR count). The SMILES string of the molecule is CC.ClC1CCc2cc(Br)ccc21. The van der Waals surface area contributed by atoms with Crippen LogP contribution in [0.2, 0.25) is 0 Å². The molecule has 72 valence electrons. The number of rotatable bonds is 0. The summed E-state index contributed by atoms with van der Waals surface area (Å²) >= 11 is 9.52. The first-order chi connectivity index (χ1) is 6.27. The van der Waals surface area contributed by atoms with Gasteiger partial charge in [0.1, 0.15) is 0 Å². The highest BCUT2D eigenvalue weighted by molar-refractivity contribution is 9.10. The van der Waals surface area contributed by atoms with Gasteiger partial charge in [-0.3, -0.25) is 0 Å². The Hall–Kier alpha value is -0.0100. The zero-order chi connectivity index (χ0) is 9.84. The molecule has 1 atom stereocenters. The van der Waals surface area contributed by atoms with Gasteiger partial charge in [-0.05, 0) is 36.1 Å². The predicted molar refractivity (Wildman–Crippen MR) is 62.4 cm³/mol. The molecular weight excluding hydrogens is 247 g/mol. The number of aryl methyl sites for hydroxylation is 1. The second kappa shape index (κ2) is 5.02. The van der Waals surface area contributed by atoms with Crippen LogP contribution in [0, 0.1) is 0 Å². The number of hydrogen-bond acceptors (Lipinski definition) is 0. The van der Waals surface area contributed by atoms with Gasteiger partial charge < -0.3 is 0 Å². The monoisotopic (exact) mass is 260 g/mol. The molecule has 1 aromatic rings. The molecular formula is C11H14BrCl. The maximum absolute atomic E-state index is 6.08. The van der Waals surface area contributed by atoms with E-state index in [1.165, 1.54) is 11.1 Å². The van der Waals surface area contributed by atoms with Crippen LogP contribution in [0.4, 0.5) is 0 Å². The van der Waals surface area contributed by atoms with E-state index in [2.05, 4.69) is 34.1 Å². The molecule has 1 aromatic carbocycles. The van der Waals surface area contributed by atoms with Crippen molar-refractivity contribution in [3.05, 3.63) is 33.8 Å². The van der Waals surface area contributed by atoms with Crippen molar-refractivity contribution >= 4 is 27.5 Å². The molecule has 13 heavy (non-hydrogen) atoms. The van der Waals surface area contributed by atoms with Gasteiger partial charge >= 0.3 is 0 Å². The maximum atomic E-state index is 6.08. The van der Waals surface area contributed by atoms with Crippen molar-refractivity contribution in [1.82, 2.24) is 0 Å². The minimum atomic E-state index is 0.248. The molecule has 2 heteroatoms. The van der Waals surface area contributed by atoms with E-state index in [9.17, 15) is 0 Å². The van der Waals surface area contributed by atoms with Crippen molar-refractivity contribution in [2.24, 2.45) is 0 Å². The fourth-order valence-corrected chi connectivity index (χ4v) is 2.26. The van der Waals surface area contributed by atoms with Gasteiger partial charge in [0.15, 0.2) is 0 Å². The van der Waals surface area contributed by atoms with E-state index in [0.717, 1.165) is 17.3 Å². The number of fused-ring (bicyclic) bond motifs is 1. The lowest BCUT2D eigenvalue weighted by Gasteiger charge is -2.01. The molecule has 0 spiro atoms. The topological polar surface area (TPSA) is 0 Å². The molecule has 1 unspecified atom stereocenters. The van der Waals surface area contributed by atoms with Gasteiger partial charge in [0, 0.05) is 4.47 Å². The van der Waals surface area contributed by atoms with Gasteiger partial charge in [0.2, 0.25) is 0 Å². The van der Waals surface area contributed by atoms with Crippen LogP contribution >= 0.6 is 27.5 Å². The third-order valence-electron chi connectivity index (χ3n) is 2.11. The molecule has 0 aromatic heterocycles. The molecule has 0 nitrogen and oxygen atoms in total. The Morgan fingerprint density at radius 1 is 1.38 bits per heavy atom. The maximum Gasteiger partial charge on any atom is 0.0591 e. The summed E-state index contributed by atoms with van der Waals surface area (Å²) in [4.78, 5) is 0. The van der Waals surface area contributed by atoms with Gasteiger partial charge in [0.05, 0.1) is 5.38 Å². The van der Waals surface area contributed by atoms with Crippen molar-refractivity contribution in [3.63, 3.8) is 0 Å². The Bertz CT molecular complexity index is 283. The van der Waals surface area contributed by atoms with Crippen molar-refractivity contribution in [1.29, 1.82) is 0 Å². The number of benzene rings is 1. The van der Waals surface area contributed by atoms with Gasteiger partial charge in [0.25, 0.3) is 0 Å². The molecule has 0 fully saturated rings. The average molecular weight is 262 g/mol. The largest absolute Gasteiger partial charge is 0.118 e. The van der Waals surface area contributed by atoms with Crippen LogP contribution in [0.1, 0.15) is 36.8 Å². The third kappa shape index (κ3) is 2.47. The Labute approximate surface area is 93.4 Å². The van der Waals surface area contributed by atoms with Crippen LogP contribution < -0.4 is 0 Å². The summed E-state index contributed by atoms with van der Waals surface area (Å²) in [5, 5.41) is 0.248. The summed E-state index contributed by atoms with van der Waals surface area (Å²) in [5.41, 5.74) is 2.72. The van der Waals surface area contributed by atoms with Crippen LogP contribution in [0.5, 0.6) is 0 Å². The molecule has 0 saturated carbocycles. The molecule has 0 N–H and O–H groups in total. The Morgan fingerprint density at radius 2 is 2.08 bits per heavy atom. The molecule has 0 bridgehead atoms. The highest BCUT2D eigenvalue weighted by atomic mass is 79.9. The normalized spacial score (nSPS) is 18.9. The summed E-state index contributed by atoms with van der Waals surface area (Å²) in [5.74, 6) is 0. The van der Waals surface area contributed by atoms with E-state index in [0.29, 0.717) is 0 Å². The van der Waals surface area contributed by atoms with Crippen LogP contribution in [0.25, 0.3) is 0 Å². The van der Waals surface area contributed by atoms with E-state index in [1.807, 2.05) is 13.8 Å². The number of halogens is 2. The van der Waals surface area contributed by atoms with Gasteiger partial charge in [-0.2, -0.15) is 0 Å². The fourth-order valence-electron chi connectivity index (χ4n) is 1.53. The van der Waals surface area contributed by atoms with Crippen LogP contribution in [-0.2, 0) is 6.42 Å². The average Bonchev–Trinajstić information content (AvgIpc) is 2.51. The second-order valence-corrected chi connectivity index (χ2v) is 4.29. The first kappa shape index (κ1) is 11.1. The highest BCUT2D eigenvalue weighted by Crippen LogP contribution is 2.36. The zero-order valence-electron chi connectivity index (χ0n) is 7.98. The van der Waals surface area contributed by atoms with Crippen molar-refractivity contribution in [2.45, 2.75) is 32.1 Å². The smallest absolute Gasteiger partial charge is 0.0591 e. The summed E-state index contributed by atoms with van der Waals surface area (Å²) in [6, 6.07) is 6.33. The lowest BCUT2D eigenvalue weighted by atomic mass is 10.1. The quantitative estimate of drug-likeness (QED) is 0.594. The molecule has 0 aliphatic heterocycles. The summed E-state index contributed by atoms with van der Waals surface area (Å²) < 4.78 is 1.15. The van der Waals surface area contributed by atoms with Crippen molar-refractivity contribution in [3.8, 4) is 0 Å². The standard InChI is InChI=1S/C9H8BrCl.C2H6/c10-7-2-3-8-6(5-7)1-4-9(8)11;1-2/h2-3,5,9H,1,4H2;1-2H3. The predicted octanol–water partition coefficient (Wildman–Crippen LogP) is 4.70. The Morgan fingerprint density at radius 3 is 2.77 bits per heavy atom. The van der Waals surface area contributed by atoms with Crippen LogP contribution in [-0.4, -0.2) is 0 Å². The lowest BCUT2D eigenvalue weighted by Crippen LogP contribution is -1.82. The molecule has 0 radical (unpaired) electrons. The van der Waals surface area contributed by atoms with Gasteiger partial charge in [-0.1, -0.05) is 35.8 Å². The Kier molecular flexibility index (Phi) is 4.27. The molecule has 1 aliphatic rings. The van der Waals surface area contributed by atoms with Gasteiger partial charge in [-0.15, -0.1) is 11.6 Å². The van der Waals surface area contributed by atoms with E-state index in [4.69, 9.17) is 11.6 Å². The van der Waals surface area contributed by atoms with Crippen LogP contribution in [0.3, 0.4) is 0 Å². The van der Waals surface area contributed by atoms with E-state index in [-0.39, 0.29) is 5.38 Å². The summed E-state index contributed by atoms with van der Waals surface area (Å²) in [7, 11) is 0. The molecule has 0 saturated heterocycles. The Balaban J connectivity index is 0.000000396. The molecule has 0 heterocycles. The second-order valence-electron chi connectivity index (χ2n) is 2.85. The van der Waals surface area contributed by atoms with E-state index >= 15 is 0 Å². The zero-order valence-corrected chi connectivity index (χ0v) is 10.3. The van der Waals surface area contributed by atoms with Crippen LogP contribution in [0.15, 0.2) is 22.7 Å². The molecule has 0 amide bonds. The minimum Gasteiger partial charge on any atom is -0.118 e.